The van der Waals surface area contributed by atoms with E-state index in [1.165, 1.54) is 25.0 Å². The molecule has 1 unspecified atom stereocenters. The predicted octanol–water partition coefficient (Wildman–Crippen LogP) is 2.62. The molecular formula is C12H20N2OS. The summed E-state index contributed by atoms with van der Waals surface area (Å²) in [6.07, 6.45) is 3.77. The van der Waals surface area contributed by atoms with E-state index in [1.807, 2.05) is 6.92 Å². The van der Waals surface area contributed by atoms with Crippen LogP contribution in [0.5, 0.6) is 0 Å². The third-order valence-electron chi connectivity index (χ3n) is 3.53. The van der Waals surface area contributed by atoms with Gasteiger partial charge < -0.3 is 10.5 Å². The minimum Gasteiger partial charge on any atom is -0.372 e. The minimum absolute atomic E-state index is 0.110. The molecule has 1 atom stereocenters. The van der Waals surface area contributed by atoms with E-state index in [-0.39, 0.29) is 11.5 Å². The summed E-state index contributed by atoms with van der Waals surface area (Å²) in [6, 6.07) is 0. The minimum atomic E-state index is 0.110. The van der Waals surface area contributed by atoms with E-state index in [2.05, 4.69) is 12.3 Å². The van der Waals surface area contributed by atoms with Gasteiger partial charge >= 0.3 is 0 Å². The quantitative estimate of drug-likeness (QED) is 0.860. The van der Waals surface area contributed by atoms with Gasteiger partial charge in [-0.15, -0.1) is 11.3 Å². The van der Waals surface area contributed by atoms with Gasteiger partial charge in [-0.2, -0.15) is 0 Å². The number of aromatic nitrogens is 1. The molecule has 1 aliphatic carbocycles. The summed E-state index contributed by atoms with van der Waals surface area (Å²) in [5.74, 6) is 0. The molecule has 0 aromatic carbocycles. The van der Waals surface area contributed by atoms with Crippen LogP contribution >= 0.6 is 11.3 Å². The van der Waals surface area contributed by atoms with Crippen LogP contribution < -0.4 is 5.73 Å². The molecule has 0 radical (unpaired) electrons. The van der Waals surface area contributed by atoms with Gasteiger partial charge in [-0.3, -0.25) is 0 Å². The molecule has 0 saturated heterocycles. The molecule has 1 aromatic heterocycles. The fourth-order valence-electron chi connectivity index (χ4n) is 2.21. The van der Waals surface area contributed by atoms with Gasteiger partial charge in [0.25, 0.3) is 0 Å². The van der Waals surface area contributed by atoms with Crippen LogP contribution in [0.3, 0.4) is 0 Å². The first-order valence-corrected chi connectivity index (χ1v) is 6.87. The highest BCUT2D eigenvalue weighted by molar-refractivity contribution is 7.09. The van der Waals surface area contributed by atoms with Crippen molar-refractivity contribution in [1.29, 1.82) is 0 Å². The van der Waals surface area contributed by atoms with Crippen molar-refractivity contribution in [3.8, 4) is 0 Å². The maximum Gasteiger partial charge on any atom is 0.122 e. The number of hydrogen-bond acceptors (Lipinski definition) is 4. The van der Waals surface area contributed by atoms with Gasteiger partial charge in [-0.25, -0.2) is 4.98 Å². The van der Waals surface area contributed by atoms with Crippen molar-refractivity contribution in [3.05, 3.63) is 16.1 Å². The van der Waals surface area contributed by atoms with E-state index in [4.69, 9.17) is 15.5 Å². The van der Waals surface area contributed by atoms with Gasteiger partial charge in [0.15, 0.2) is 0 Å². The summed E-state index contributed by atoms with van der Waals surface area (Å²) in [4.78, 5) is 4.71. The van der Waals surface area contributed by atoms with Crippen LogP contribution in [0, 0.1) is 0 Å². The third kappa shape index (κ3) is 2.01. The van der Waals surface area contributed by atoms with Crippen LogP contribution in [-0.2, 0) is 10.2 Å². The van der Waals surface area contributed by atoms with Gasteiger partial charge in [-0.1, -0.05) is 6.42 Å². The summed E-state index contributed by atoms with van der Waals surface area (Å²) in [5.41, 5.74) is 7.25. The average Bonchev–Trinajstić information content (AvgIpc) is 2.67. The lowest BCUT2D eigenvalue weighted by atomic mass is 9.67. The molecule has 2 rings (SSSR count). The van der Waals surface area contributed by atoms with Crippen molar-refractivity contribution < 1.29 is 4.74 Å². The fraction of sp³-hybridized carbons (Fsp3) is 0.750. The van der Waals surface area contributed by atoms with Crippen LogP contribution in [0.4, 0.5) is 0 Å². The van der Waals surface area contributed by atoms with Crippen LogP contribution in [0.2, 0.25) is 0 Å². The van der Waals surface area contributed by atoms with Crippen LogP contribution in [0.15, 0.2) is 5.38 Å². The molecule has 1 fully saturated rings. The first kappa shape index (κ1) is 12.0. The Morgan fingerprint density at radius 1 is 1.62 bits per heavy atom. The maximum absolute atomic E-state index is 5.88. The van der Waals surface area contributed by atoms with Crippen molar-refractivity contribution in [2.24, 2.45) is 5.73 Å². The lowest BCUT2D eigenvalue weighted by molar-refractivity contribution is 0.0758. The normalized spacial score (nSPS) is 20.4. The van der Waals surface area contributed by atoms with Gasteiger partial charge in [0.2, 0.25) is 0 Å². The van der Waals surface area contributed by atoms with Crippen molar-refractivity contribution in [1.82, 2.24) is 4.98 Å². The molecule has 90 valence electrons. The van der Waals surface area contributed by atoms with Crippen LogP contribution in [0.25, 0.3) is 0 Å². The third-order valence-corrected chi connectivity index (χ3v) is 4.54. The molecule has 0 bridgehead atoms. The Labute approximate surface area is 101 Å². The van der Waals surface area contributed by atoms with Crippen molar-refractivity contribution >= 4 is 11.3 Å². The zero-order valence-electron chi connectivity index (χ0n) is 10.0. The van der Waals surface area contributed by atoms with E-state index in [0.717, 1.165) is 18.2 Å². The fourth-order valence-corrected chi connectivity index (χ4v) is 3.15. The Hall–Kier alpha value is -0.450. The van der Waals surface area contributed by atoms with Crippen molar-refractivity contribution in [3.63, 3.8) is 0 Å². The molecule has 16 heavy (non-hydrogen) atoms. The summed E-state index contributed by atoms with van der Waals surface area (Å²) in [5, 5.41) is 3.24. The van der Waals surface area contributed by atoms with E-state index in [1.54, 1.807) is 11.3 Å². The highest BCUT2D eigenvalue weighted by Crippen LogP contribution is 2.43. The molecule has 1 heterocycles. The lowest BCUT2D eigenvalue weighted by Crippen LogP contribution is -2.41. The monoisotopic (exact) mass is 240 g/mol. The van der Waals surface area contributed by atoms with Crippen molar-refractivity contribution in [2.45, 2.75) is 44.6 Å². The zero-order chi connectivity index (χ0) is 11.6. The molecular weight excluding hydrogens is 220 g/mol. The average molecular weight is 240 g/mol. The highest BCUT2D eigenvalue weighted by Gasteiger charge is 2.39. The summed E-state index contributed by atoms with van der Waals surface area (Å²) >= 11 is 1.70. The van der Waals surface area contributed by atoms with Crippen molar-refractivity contribution in [2.75, 3.05) is 13.2 Å². The topological polar surface area (TPSA) is 48.1 Å². The van der Waals surface area contributed by atoms with E-state index in [9.17, 15) is 0 Å². The van der Waals surface area contributed by atoms with Gasteiger partial charge in [-0.05, 0) is 26.7 Å². The second kappa shape index (κ2) is 4.82. The molecule has 3 nitrogen and oxygen atoms in total. The van der Waals surface area contributed by atoms with E-state index in [0.29, 0.717) is 0 Å². The van der Waals surface area contributed by atoms with Crippen LogP contribution in [-0.4, -0.2) is 18.1 Å². The molecule has 1 aliphatic rings. The summed E-state index contributed by atoms with van der Waals surface area (Å²) in [7, 11) is 0. The first-order chi connectivity index (χ1) is 7.72. The first-order valence-electron chi connectivity index (χ1n) is 5.99. The van der Waals surface area contributed by atoms with Crippen LogP contribution in [0.1, 0.15) is 49.9 Å². The number of ether oxygens (including phenoxy) is 1. The number of nitrogens with zero attached hydrogens (tertiary/aromatic N) is 1. The Balaban J connectivity index is 2.12. The Morgan fingerprint density at radius 3 is 2.88 bits per heavy atom. The number of rotatable bonds is 5. The molecule has 1 saturated carbocycles. The van der Waals surface area contributed by atoms with Gasteiger partial charge in [0.1, 0.15) is 11.1 Å². The predicted molar refractivity (Wildman–Crippen MR) is 66.7 cm³/mol. The standard InChI is InChI=1S/C12H20N2OS/c1-3-15-9(2)11-14-10(7-16-11)12(8-13)5-4-6-12/h7,9H,3-6,8,13H2,1-2H3. The zero-order valence-corrected chi connectivity index (χ0v) is 10.8. The van der Waals surface area contributed by atoms with Gasteiger partial charge in [0, 0.05) is 23.9 Å². The summed E-state index contributed by atoms with van der Waals surface area (Å²) < 4.78 is 5.56. The Kier molecular flexibility index (Phi) is 3.62. The Morgan fingerprint density at radius 2 is 2.38 bits per heavy atom. The van der Waals surface area contributed by atoms with Gasteiger partial charge in [0.05, 0.1) is 5.69 Å². The highest BCUT2D eigenvalue weighted by atomic mass is 32.1. The molecule has 0 aliphatic heterocycles. The molecule has 0 amide bonds. The number of nitrogens with two attached hydrogens (primary N) is 1. The SMILES string of the molecule is CCOC(C)c1nc(C2(CN)CCC2)cs1. The largest absolute Gasteiger partial charge is 0.372 e. The van der Waals surface area contributed by atoms with E-state index < -0.39 is 0 Å². The lowest BCUT2D eigenvalue weighted by Gasteiger charge is -2.39. The molecule has 2 N–H and O–H groups in total. The Bertz CT molecular complexity index is 341. The second-order valence-corrected chi connectivity index (χ2v) is 5.40. The number of hydrogen-bond donors (Lipinski definition) is 1. The molecule has 1 aromatic rings. The molecule has 4 heteroatoms. The second-order valence-electron chi connectivity index (χ2n) is 4.51. The number of thiazole rings is 1. The summed E-state index contributed by atoms with van der Waals surface area (Å²) in [6.45, 7) is 5.53. The van der Waals surface area contributed by atoms with E-state index >= 15 is 0 Å². The molecule has 0 spiro atoms. The maximum atomic E-state index is 5.88. The smallest absolute Gasteiger partial charge is 0.122 e.